The average molecular weight is 645 g/mol. The number of ether oxygens (including phenoxy) is 1. The largest absolute Gasteiger partial charge is 0.493 e. The number of hydrogen-bond donors (Lipinski definition) is 0. The molecule has 3 aromatic carbocycles. The summed E-state index contributed by atoms with van der Waals surface area (Å²) in [5, 5.41) is 10.7. The molecule has 2 aliphatic rings. The third-order valence-electron chi connectivity index (χ3n) is 9.01. The summed E-state index contributed by atoms with van der Waals surface area (Å²) in [6.07, 6.45) is 5.04. The van der Waals surface area contributed by atoms with E-state index < -0.39 is 21.5 Å². The SMILES string of the molecule is CCOc1ccccc1C1(N2CCN(c3ccncc3)CC2)C(=O)N(S(=O)(=O)c2c(C)ccc3cccnc23)c2ccc(C#N)cc21. The number of amides is 1. The number of anilines is 2. The van der Waals surface area contributed by atoms with Crippen molar-refractivity contribution in [1.29, 1.82) is 5.26 Å². The summed E-state index contributed by atoms with van der Waals surface area (Å²) in [4.78, 5) is 28.3. The minimum Gasteiger partial charge on any atom is -0.493 e. The lowest BCUT2D eigenvalue weighted by Gasteiger charge is -2.46. The first-order valence-electron chi connectivity index (χ1n) is 15.4. The number of carbonyl (C=O) groups excluding carboxylic acids is 1. The molecule has 47 heavy (non-hydrogen) atoms. The molecule has 1 saturated heterocycles. The molecule has 0 bridgehead atoms. The van der Waals surface area contributed by atoms with Gasteiger partial charge in [-0.1, -0.05) is 36.4 Å². The first-order chi connectivity index (χ1) is 22.8. The van der Waals surface area contributed by atoms with Crippen LogP contribution >= 0.6 is 0 Å². The van der Waals surface area contributed by atoms with E-state index in [1.165, 1.54) is 0 Å². The quantitative estimate of drug-likeness (QED) is 0.241. The van der Waals surface area contributed by atoms with Crippen molar-refractivity contribution >= 4 is 38.2 Å². The van der Waals surface area contributed by atoms with Crippen molar-refractivity contribution in [2.24, 2.45) is 0 Å². The molecule has 0 aliphatic carbocycles. The lowest BCUT2D eigenvalue weighted by molar-refractivity contribution is -0.127. The molecule has 0 saturated carbocycles. The standard InChI is InChI=1S/C36H32N6O4S/c1-3-46-32-9-5-4-8-29(32)36(41-21-19-40(20-22-41)28-14-17-38-18-15-28)30-23-26(24-37)11-13-31(30)42(35(36)43)47(44,45)34-25(2)10-12-27-7-6-16-39-33(27)34/h4-18,23H,3,19-22H2,1-2H3. The molecule has 2 aromatic heterocycles. The highest BCUT2D eigenvalue weighted by atomic mass is 32.2. The van der Waals surface area contributed by atoms with E-state index in [0.717, 1.165) is 9.99 Å². The molecule has 1 fully saturated rings. The lowest BCUT2D eigenvalue weighted by atomic mass is 9.80. The minimum absolute atomic E-state index is 0.0318. The van der Waals surface area contributed by atoms with Crippen LogP contribution in [0.4, 0.5) is 11.4 Å². The first kappa shape index (κ1) is 30.3. The van der Waals surface area contributed by atoms with Gasteiger partial charge in [-0.2, -0.15) is 5.26 Å². The van der Waals surface area contributed by atoms with E-state index in [1.54, 1.807) is 68.0 Å². The number of nitriles is 1. The molecule has 2 aliphatic heterocycles. The lowest BCUT2D eigenvalue weighted by Crippen LogP contribution is -2.60. The van der Waals surface area contributed by atoms with Gasteiger partial charge in [0.15, 0.2) is 5.54 Å². The number of aryl methyl sites for hydroxylation is 1. The van der Waals surface area contributed by atoms with Crippen LogP contribution in [0.3, 0.4) is 0 Å². The third kappa shape index (κ3) is 4.71. The van der Waals surface area contributed by atoms with Crippen molar-refractivity contribution in [2.75, 3.05) is 42.0 Å². The highest BCUT2D eigenvalue weighted by molar-refractivity contribution is 7.94. The Morgan fingerprint density at radius 2 is 1.68 bits per heavy atom. The highest BCUT2D eigenvalue weighted by Gasteiger charge is 2.61. The second-order valence-corrected chi connectivity index (χ2v) is 13.2. The van der Waals surface area contributed by atoms with Crippen LogP contribution in [-0.4, -0.2) is 62.0 Å². The van der Waals surface area contributed by atoms with Crippen molar-refractivity contribution in [2.45, 2.75) is 24.3 Å². The van der Waals surface area contributed by atoms with Crippen LogP contribution in [0.5, 0.6) is 5.75 Å². The van der Waals surface area contributed by atoms with Gasteiger partial charge in [0, 0.05) is 67.0 Å². The van der Waals surface area contributed by atoms with Crippen molar-refractivity contribution < 1.29 is 17.9 Å². The summed E-state index contributed by atoms with van der Waals surface area (Å²) < 4.78 is 37.0. The second-order valence-electron chi connectivity index (χ2n) is 11.5. The Morgan fingerprint density at radius 1 is 0.915 bits per heavy atom. The van der Waals surface area contributed by atoms with Gasteiger partial charge in [0.1, 0.15) is 10.6 Å². The van der Waals surface area contributed by atoms with Gasteiger partial charge in [-0.3, -0.25) is 19.7 Å². The monoisotopic (exact) mass is 644 g/mol. The van der Waals surface area contributed by atoms with Gasteiger partial charge in [-0.25, -0.2) is 12.7 Å². The topological polar surface area (TPSA) is 120 Å². The molecule has 0 N–H and O–H groups in total. The summed E-state index contributed by atoms with van der Waals surface area (Å²) in [6, 6.07) is 25.2. The summed E-state index contributed by atoms with van der Waals surface area (Å²) >= 11 is 0. The van der Waals surface area contributed by atoms with Crippen LogP contribution in [0.2, 0.25) is 0 Å². The van der Waals surface area contributed by atoms with E-state index in [0.29, 0.717) is 66.2 Å². The Labute approximate surface area is 273 Å². The predicted molar refractivity (Wildman–Crippen MR) is 179 cm³/mol. The van der Waals surface area contributed by atoms with Gasteiger partial charge < -0.3 is 9.64 Å². The van der Waals surface area contributed by atoms with Crippen LogP contribution in [0.1, 0.15) is 29.2 Å². The molecule has 5 aromatic rings. The Bertz CT molecular complexity index is 2160. The number of aromatic nitrogens is 2. The number of benzene rings is 3. The van der Waals surface area contributed by atoms with Crippen LogP contribution in [0.25, 0.3) is 10.9 Å². The molecular weight excluding hydrogens is 613 g/mol. The molecule has 4 heterocycles. The van der Waals surface area contributed by atoms with E-state index >= 15 is 4.79 Å². The van der Waals surface area contributed by atoms with Gasteiger partial charge in [0.05, 0.1) is 29.4 Å². The summed E-state index contributed by atoms with van der Waals surface area (Å²) in [6.45, 7) is 5.90. The third-order valence-corrected chi connectivity index (χ3v) is 10.9. The Balaban J connectivity index is 1.47. The fourth-order valence-corrected chi connectivity index (χ4v) is 8.80. The zero-order chi connectivity index (χ0) is 32.8. The Kier molecular flexibility index (Phi) is 7.62. The fraction of sp³-hybridized carbons (Fsp3) is 0.222. The second kappa shape index (κ2) is 11.8. The van der Waals surface area contributed by atoms with Gasteiger partial charge in [0.25, 0.3) is 15.9 Å². The molecule has 7 rings (SSSR count). The Hall–Kier alpha value is -5.31. The van der Waals surface area contributed by atoms with E-state index in [4.69, 9.17) is 4.74 Å². The first-order valence-corrected chi connectivity index (χ1v) is 16.9. The van der Waals surface area contributed by atoms with Crippen LogP contribution in [0, 0.1) is 18.3 Å². The normalized spacial score (nSPS) is 18.3. The molecule has 1 unspecified atom stereocenters. The van der Waals surface area contributed by atoms with Crippen molar-refractivity contribution in [3.63, 3.8) is 0 Å². The molecular formula is C36H32N6O4S. The number of pyridine rings is 2. The summed E-state index contributed by atoms with van der Waals surface area (Å²) in [7, 11) is -4.52. The van der Waals surface area contributed by atoms with Crippen LogP contribution in [-0.2, 0) is 20.4 Å². The minimum atomic E-state index is -4.52. The van der Waals surface area contributed by atoms with Crippen LogP contribution < -0.4 is 13.9 Å². The molecule has 10 nitrogen and oxygen atoms in total. The summed E-state index contributed by atoms with van der Waals surface area (Å²) in [5.74, 6) is -0.185. The molecule has 236 valence electrons. The number of hydrogen-bond acceptors (Lipinski definition) is 9. The molecule has 0 spiro atoms. The molecule has 11 heteroatoms. The average Bonchev–Trinajstić information content (AvgIpc) is 3.37. The van der Waals surface area contributed by atoms with Gasteiger partial charge in [-0.15, -0.1) is 0 Å². The van der Waals surface area contributed by atoms with E-state index in [1.807, 2.05) is 48.2 Å². The van der Waals surface area contributed by atoms with Gasteiger partial charge in [0.2, 0.25) is 0 Å². The van der Waals surface area contributed by atoms with Crippen molar-refractivity contribution in [1.82, 2.24) is 14.9 Å². The van der Waals surface area contributed by atoms with Crippen molar-refractivity contribution in [3.05, 3.63) is 120 Å². The maximum absolute atomic E-state index is 15.5. The molecule has 1 atom stereocenters. The highest BCUT2D eigenvalue weighted by Crippen LogP contribution is 2.53. The zero-order valence-corrected chi connectivity index (χ0v) is 26.8. The van der Waals surface area contributed by atoms with E-state index in [9.17, 15) is 13.7 Å². The number of carbonyl (C=O) groups is 1. The number of fused-ring (bicyclic) bond motifs is 2. The number of piperazine rings is 1. The Morgan fingerprint density at radius 3 is 2.43 bits per heavy atom. The van der Waals surface area contributed by atoms with Gasteiger partial charge in [-0.05, 0) is 61.9 Å². The zero-order valence-electron chi connectivity index (χ0n) is 26.0. The fourth-order valence-electron chi connectivity index (χ4n) is 6.96. The number of para-hydroxylation sites is 1. The summed E-state index contributed by atoms with van der Waals surface area (Å²) in [5.41, 5.74) is 1.60. The van der Waals surface area contributed by atoms with E-state index in [-0.39, 0.29) is 16.1 Å². The smallest absolute Gasteiger partial charge is 0.273 e. The number of sulfonamides is 1. The molecule has 1 amide bonds. The van der Waals surface area contributed by atoms with Crippen LogP contribution in [0.15, 0.2) is 102 Å². The maximum Gasteiger partial charge on any atom is 0.273 e. The number of rotatable bonds is 7. The van der Waals surface area contributed by atoms with E-state index in [2.05, 4.69) is 20.9 Å². The van der Waals surface area contributed by atoms with Crippen molar-refractivity contribution in [3.8, 4) is 11.8 Å². The number of nitrogens with zero attached hydrogens (tertiary/aromatic N) is 6. The van der Waals surface area contributed by atoms with Gasteiger partial charge >= 0.3 is 0 Å². The predicted octanol–water partition coefficient (Wildman–Crippen LogP) is 5.01. The maximum atomic E-state index is 15.5. The molecule has 0 radical (unpaired) electrons.